The molecule has 96 valence electrons. The van der Waals surface area contributed by atoms with Crippen molar-refractivity contribution in [1.29, 1.82) is 0 Å². The van der Waals surface area contributed by atoms with Crippen molar-refractivity contribution in [2.45, 2.75) is 39.5 Å². The zero-order chi connectivity index (χ0) is 13.3. The third kappa shape index (κ3) is 2.20. The number of aromatic nitrogens is 1. The van der Waals surface area contributed by atoms with Gasteiger partial charge in [-0.25, -0.2) is 0 Å². The molecule has 2 rings (SSSR count). The summed E-state index contributed by atoms with van der Waals surface area (Å²) in [5.74, 6) is 0.940. The highest BCUT2D eigenvalue weighted by Gasteiger charge is 2.12. The summed E-state index contributed by atoms with van der Waals surface area (Å²) in [5.41, 5.74) is 4.79. The molecule has 1 aromatic heterocycles. The number of hydrogen-bond acceptors (Lipinski definition) is 2. The second-order valence-electron chi connectivity index (χ2n) is 5.40. The molecule has 0 unspecified atom stereocenters. The summed E-state index contributed by atoms with van der Waals surface area (Å²) in [5, 5.41) is 4.51. The van der Waals surface area contributed by atoms with E-state index in [9.17, 15) is 0 Å². The second kappa shape index (κ2) is 4.97. The Kier molecular flexibility index (Phi) is 3.55. The fourth-order valence-corrected chi connectivity index (χ4v) is 2.26. The van der Waals surface area contributed by atoms with Crippen molar-refractivity contribution >= 4 is 16.6 Å². The molecule has 2 aromatic rings. The Balaban J connectivity index is 2.79. The number of para-hydroxylation sites is 1. The Labute approximate surface area is 109 Å². The normalized spacial score (nSPS) is 11.5. The van der Waals surface area contributed by atoms with Crippen molar-refractivity contribution in [2.24, 2.45) is 0 Å². The van der Waals surface area contributed by atoms with Gasteiger partial charge in [0, 0.05) is 23.8 Å². The van der Waals surface area contributed by atoms with E-state index in [4.69, 9.17) is 4.98 Å². The molecular weight excluding hydrogens is 220 g/mol. The first-order valence-electron chi connectivity index (χ1n) is 6.66. The zero-order valence-corrected chi connectivity index (χ0v) is 11.9. The lowest BCUT2D eigenvalue weighted by atomic mass is 9.97. The molecule has 0 atom stereocenters. The fourth-order valence-electron chi connectivity index (χ4n) is 2.26. The smallest absolute Gasteiger partial charge is 0.0760 e. The van der Waals surface area contributed by atoms with Crippen molar-refractivity contribution in [1.82, 2.24) is 4.98 Å². The van der Waals surface area contributed by atoms with Crippen LogP contribution in [0.1, 0.15) is 50.8 Å². The summed E-state index contributed by atoms with van der Waals surface area (Å²) >= 11 is 0. The lowest BCUT2D eigenvalue weighted by molar-refractivity contribution is 0.824. The molecule has 18 heavy (non-hydrogen) atoms. The highest BCUT2D eigenvalue weighted by molar-refractivity contribution is 5.93. The third-order valence-electron chi connectivity index (χ3n) is 3.37. The molecule has 1 aromatic carbocycles. The van der Waals surface area contributed by atoms with Gasteiger partial charge in [0.2, 0.25) is 0 Å². The van der Waals surface area contributed by atoms with Crippen LogP contribution in [0.5, 0.6) is 0 Å². The number of hydrogen-bond donors (Lipinski definition) is 1. The standard InChI is InChI=1S/C16H22N2/c1-10(2)12-7-6-8-13-15(17-5)9-14(11(3)4)18-16(12)13/h6-11H,1-5H3,(H,17,18). The third-order valence-corrected chi connectivity index (χ3v) is 3.37. The fraction of sp³-hybridized carbons (Fsp3) is 0.438. The van der Waals surface area contributed by atoms with Crippen molar-refractivity contribution in [3.05, 3.63) is 35.5 Å². The summed E-state index contributed by atoms with van der Waals surface area (Å²) < 4.78 is 0. The number of benzene rings is 1. The first kappa shape index (κ1) is 12.9. The van der Waals surface area contributed by atoms with Crippen LogP contribution >= 0.6 is 0 Å². The Morgan fingerprint density at radius 2 is 1.78 bits per heavy atom. The topological polar surface area (TPSA) is 24.9 Å². The maximum atomic E-state index is 4.86. The zero-order valence-electron chi connectivity index (χ0n) is 11.9. The molecule has 1 heterocycles. The van der Waals surface area contributed by atoms with Crippen molar-refractivity contribution in [2.75, 3.05) is 12.4 Å². The van der Waals surface area contributed by atoms with Crippen LogP contribution in [0.15, 0.2) is 24.3 Å². The number of anilines is 1. The second-order valence-corrected chi connectivity index (χ2v) is 5.40. The molecule has 0 aliphatic carbocycles. The number of nitrogens with zero attached hydrogens (tertiary/aromatic N) is 1. The van der Waals surface area contributed by atoms with Crippen molar-refractivity contribution in [3.8, 4) is 0 Å². The van der Waals surface area contributed by atoms with Gasteiger partial charge in [-0.2, -0.15) is 0 Å². The van der Waals surface area contributed by atoms with E-state index < -0.39 is 0 Å². The minimum absolute atomic E-state index is 0.446. The Bertz CT molecular complexity index is 556. The quantitative estimate of drug-likeness (QED) is 0.855. The maximum Gasteiger partial charge on any atom is 0.0760 e. The number of pyridine rings is 1. The van der Waals surface area contributed by atoms with Gasteiger partial charge in [-0.3, -0.25) is 4.98 Å². The minimum atomic E-state index is 0.446. The van der Waals surface area contributed by atoms with Gasteiger partial charge in [0.15, 0.2) is 0 Å². The minimum Gasteiger partial charge on any atom is -0.388 e. The van der Waals surface area contributed by atoms with E-state index in [2.05, 4.69) is 57.3 Å². The molecule has 0 fully saturated rings. The van der Waals surface area contributed by atoms with E-state index in [1.165, 1.54) is 16.6 Å². The first-order valence-corrected chi connectivity index (χ1v) is 6.66. The van der Waals surface area contributed by atoms with E-state index in [0.717, 1.165) is 11.2 Å². The molecular formula is C16H22N2. The predicted octanol–water partition coefficient (Wildman–Crippen LogP) is 4.52. The molecule has 0 saturated heterocycles. The summed E-state index contributed by atoms with van der Waals surface area (Å²) in [6, 6.07) is 8.61. The van der Waals surface area contributed by atoms with Crippen molar-refractivity contribution in [3.63, 3.8) is 0 Å². The van der Waals surface area contributed by atoms with Gasteiger partial charge in [-0.1, -0.05) is 45.9 Å². The highest BCUT2D eigenvalue weighted by Crippen LogP contribution is 2.31. The Morgan fingerprint density at radius 3 is 2.33 bits per heavy atom. The van der Waals surface area contributed by atoms with E-state index in [0.29, 0.717) is 11.8 Å². The van der Waals surface area contributed by atoms with Gasteiger partial charge < -0.3 is 5.32 Å². The molecule has 0 radical (unpaired) electrons. The van der Waals surface area contributed by atoms with E-state index in [1.807, 2.05) is 7.05 Å². The van der Waals surface area contributed by atoms with Crippen LogP contribution in [0, 0.1) is 0 Å². The van der Waals surface area contributed by atoms with Gasteiger partial charge >= 0.3 is 0 Å². The predicted molar refractivity (Wildman–Crippen MR) is 79.5 cm³/mol. The van der Waals surface area contributed by atoms with Gasteiger partial charge in [0.05, 0.1) is 5.52 Å². The van der Waals surface area contributed by atoms with E-state index in [-0.39, 0.29) is 0 Å². The number of nitrogens with one attached hydrogen (secondary N) is 1. The Morgan fingerprint density at radius 1 is 1.06 bits per heavy atom. The summed E-state index contributed by atoms with van der Waals surface area (Å²) in [4.78, 5) is 4.86. The SMILES string of the molecule is CNc1cc(C(C)C)nc2c(C(C)C)cccc12. The number of rotatable bonds is 3. The largest absolute Gasteiger partial charge is 0.388 e. The summed E-state index contributed by atoms with van der Waals surface area (Å²) in [7, 11) is 1.97. The van der Waals surface area contributed by atoms with Crippen LogP contribution in [0.4, 0.5) is 5.69 Å². The first-order chi connectivity index (χ1) is 8.54. The molecule has 2 heteroatoms. The summed E-state index contributed by atoms with van der Waals surface area (Å²) in [6.45, 7) is 8.81. The van der Waals surface area contributed by atoms with E-state index >= 15 is 0 Å². The van der Waals surface area contributed by atoms with Gasteiger partial charge in [0.1, 0.15) is 0 Å². The highest BCUT2D eigenvalue weighted by atomic mass is 14.8. The molecule has 0 spiro atoms. The molecule has 2 nitrogen and oxygen atoms in total. The van der Waals surface area contributed by atoms with Crippen LogP contribution in [0.2, 0.25) is 0 Å². The monoisotopic (exact) mass is 242 g/mol. The molecule has 0 saturated carbocycles. The van der Waals surface area contributed by atoms with Crippen LogP contribution in [0.3, 0.4) is 0 Å². The van der Waals surface area contributed by atoms with Gasteiger partial charge in [-0.05, 0) is 23.5 Å². The average molecular weight is 242 g/mol. The molecule has 0 amide bonds. The summed E-state index contributed by atoms with van der Waals surface area (Å²) in [6.07, 6.45) is 0. The lowest BCUT2D eigenvalue weighted by Crippen LogP contribution is -2.01. The molecule has 0 aliphatic heterocycles. The van der Waals surface area contributed by atoms with Crippen molar-refractivity contribution < 1.29 is 0 Å². The van der Waals surface area contributed by atoms with Crippen LogP contribution in [0.25, 0.3) is 10.9 Å². The van der Waals surface area contributed by atoms with Gasteiger partial charge in [0.25, 0.3) is 0 Å². The lowest BCUT2D eigenvalue weighted by Gasteiger charge is -2.15. The van der Waals surface area contributed by atoms with Crippen LogP contribution in [-0.4, -0.2) is 12.0 Å². The molecule has 0 bridgehead atoms. The number of fused-ring (bicyclic) bond motifs is 1. The maximum absolute atomic E-state index is 4.86. The van der Waals surface area contributed by atoms with Crippen LogP contribution < -0.4 is 5.32 Å². The average Bonchev–Trinajstić information content (AvgIpc) is 2.36. The van der Waals surface area contributed by atoms with E-state index in [1.54, 1.807) is 0 Å². The Hall–Kier alpha value is -1.57. The molecule has 1 N–H and O–H groups in total. The molecule has 0 aliphatic rings. The van der Waals surface area contributed by atoms with Gasteiger partial charge in [-0.15, -0.1) is 0 Å². The van der Waals surface area contributed by atoms with Crippen LogP contribution in [-0.2, 0) is 0 Å².